The molecule has 0 amide bonds. The molecule has 36 heavy (non-hydrogen) atoms. The standard InChI is InChI=1S/C26H27FN4O4S/c1-18-14-30(17-28-18)24-10-5-19(13-25(24)34-2)12-20-4-3-11-31-22(15-35-29-26(20)31)16-36(32,33)23-8-6-21(27)7-9-23/h5-10,12-14,17,22H,3-4,11,15-16H2,1-2H3/t22-/m1/s1. The van der Waals surface area contributed by atoms with Crippen molar-refractivity contribution in [3.63, 3.8) is 0 Å². The molecule has 0 N–H and O–H groups in total. The molecule has 0 spiro atoms. The van der Waals surface area contributed by atoms with E-state index >= 15 is 0 Å². The molecule has 2 aromatic carbocycles. The van der Waals surface area contributed by atoms with Crippen LogP contribution in [0.25, 0.3) is 11.8 Å². The summed E-state index contributed by atoms with van der Waals surface area (Å²) in [6.45, 7) is 2.79. The minimum absolute atomic E-state index is 0.0982. The van der Waals surface area contributed by atoms with Crippen molar-refractivity contribution >= 4 is 21.7 Å². The Morgan fingerprint density at radius 2 is 2.03 bits per heavy atom. The Bertz CT molecular complexity index is 1430. The average molecular weight is 511 g/mol. The number of aryl methyl sites for hydroxylation is 1. The molecule has 1 fully saturated rings. The van der Waals surface area contributed by atoms with Gasteiger partial charge in [0.1, 0.15) is 18.2 Å². The Kier molecular flexibility index (Phi) is 6.53. The fourth-order valence-corrected chi connectivity index (χ4v) is 6.13. The first-order valence-electron chi connectivity index (χ1n) is 11.7. The highest BCUT2D eigenvalue weighted by Gasteiger charge is 2.35. The predicted octanol–water partition coefficient (Wildman–Crippen LogP) is 3.99. The van der Waals surface area contributed by atoms with E-state index in [2.05, 4.69) is 10.1 Å². The second kappa shape index (κ2) is 9.77. The summed E-state index contributed by atoms with van der Waals surface area (Å²) in [6.07, 6.45) is 7.38. The van der Waals surface area contributed by atoms with Crippen molar-refractivity contribution in [2.24, 2.45) is 5.16 Å². The summed E-state index contributed by atoms with van der Waals surface area (Å²) in [7, 11) is -2.00. The lowest BCUT2D eigenvalue weighted by molar-refractivity contribution is 0.0659. The van der Waals surface area contributed by atoms with Gasteiger partial charge in [0.2, 0.25) is 0 Å². The van der Waals surface area contributed by atoms with Crippen molar-refractivity contribution in [1.82, 2.24) is 14.5 Å². The van der Waals surface area contributed by atoms with Crippen molar-refractivity contribution in [3.8, 4) is 11.4 Å². The zero-order valence-electron chi connectivity index (χ0n) is 20.1. The molecule has 0 bridgehead atoms. The molecule has 8 nitrogen and oxygen atoms in total. The van der Waals surface area contributed by atoms with Crippen LogP contribution in [0.5, 0.6) is 5.75 Å². The van der Waals surface area contributed by atoms with Crippen molar-refractivity contribution < 1.29 is 22.4 Å². The quantitative estimate of drug-likeness (QED) is 0.466. The SMILES string of the molecule is COc1cc(C=C2CCCN3C2=NOC[C@@H]3CS(=O)(=O)c2ccc(F)cc2)ccc1-n1cnc(C)c1. The second-order valence-corrected chi connectivity index (χ2v) is 11.0. The molecule has 1 saturated heterocycles. The van der Waals surface area contributed by atoms with Gasteiger partial charge in [-0.2, -0.15) is 0 Å². The summed E-state index contributed by atoms with van der Waals surface area (Å²) in [5, 5.41) is 4.29. The number of aromatic nitrogens is 2. The number of hydrogen-bond acceptors (Lipinski definition) is 7. The number of oxime groups is 1. The number of ether oxygens (including phenoxy) is 1. The minimum atomic E-state index is -3.63. The van der Waals surface area contributed by atoms with Crippen LogP contribution in [0.2, 0.25) is 0 Å². The molecular formula is C26H27FN4O4S. The number of amidine groups is 1. The lowest BCUT2D eigenvalue weighted by atomic mass is 9.98. The molecule has 2 aliphatic heterocycles. The van der Waals surface area contributed by atoms with Crippen molar-refractivity contribution in [2.75, 3.05) is 26.0 Å². The Hall–Kier alpha value is -3.66. The summed E-state index contributed by atoms with van der Waals surface area (Å²) in [5.41, 5.74) is 3.71. The lowest BCUT2D eigenvalue weighted by Crippen LogP contribution is -2.51. The van der Waals surface area contributed by atoms with Gasteiger partial charge in [0.05, 0.1) is 41.5 Å². The van der Waals surface area contributed by atoms with Crippen LogP contribution in [0.15, 0.2) is 70.6 Å². The minimum Gasteiger partial charge on any atom is -0.495 e. The highest BCUT2D eigenvalue weighted by atomic mass is 32.2. The molecule has 3 aromatic rings. The number of rotatable bonds is 6. The van der Waals surface area contributed by atoms with E-state index in [0.717, 1.165) is 47.5 Å². The topological polar surface area (TPSA) is 86.0 Å². The number of hydrogen-bond donors (Lipinski definition) is 0. The first-order valence-corrected chi connectivity index (χ1v) is 13.3. The molecule has 2 aliphatic rings. The zero-order chi connectivity index (χ0) is 25.3. The first kappa shape index (κ1) is 24.1. The summed E-state index contributed by atoms with van der Waals surface area (Å²) in [6, 6.07) is 10.5. The molecule has 0 unspecified atom stereocenters. The molecule has 5 rings (SSSR count). The summed E-state index contributed by atoms with van der Waals surface area (Å²) in [4.78, 5) is 11.9. The molecule has 188 valence electrons. The van der Waals surface area contributed by atoms with Crippen LogP contribution in [-0.2, 0) is 14.7 Å². The number of piperidine rings is 1. The number of halogens is 1. The number of fused-ring (bicyclic) bond motifs is 1. The third-order valence-corrected chi connectivity index (χ3v) is 8.20. The third kappa shape index (κ3) is 4.86. The van der Waals surface area contributed by atoms with Crippen LogP contribution in [-0.4, -0.2) is 60.8 Å². The largest absolute Gasteiger partial charge is 0.495 e. The van der Waals surface area contributed by atoms with E-state index in [1.165, 1.54) is 12.1 Å². The number of sulfone groups is 1. The molecule has 0 aliphatic carbocycles. The highest BCUT2D eigenvalue weighted by molar-refractivity contribution is 7.91. The maximum absolute atomic E-state index is 13.3. The van der Waals surface area contributed by atoms with E-state index in [0.29, 0.717) is 18.1 Å². The summed E-state index contributed by atoms with van der Waals surface area (Å²) >= 11 is 0. The molecule has 3 heterocycles. The molecule has 1 aromatic heterocycles. The van der Waals surface area contributed by atoms with Gasteiger partial charge < -0.3 is 19.0 Å². The van der Waals surface area contributed by atoms with Gasteiger partial charge in [-0.25, -0.2) is 17.8 Å². The third-order valence-electron chi connectivity index (χ3n) is 6.38. The van der Waals surface area contributed by atoms with Gasteiger partial charge in [-0.05, 0) is 73.4 Å². The van der Waals surface area contributed by atoms with Gasteiger partial charge in [0, 0.05) is 12.7 Å². The second-order valence-electron chi connectivity index (χ2n) is 8.92. The van der Waals surface area contributed by atoms with Crippen LogP contribution >= 0.6 is 0 Å². The molecule has 1 atom stereocenters. The normalized spacial score (nSPS) is 19.0. The highest BCUT2D eigenvalue weighted by Crippen LogP contribution is 2.30. The van der Waals surface area contributed by atoms with Crippen LogP contribution in [0.3, 0.4) is 0 Å². The molecule has 0 saturated carbocycles. The Labute approximate surface area is 209 Å². The number of benzene rings is 2. The van der Waals surface area contributed by atoms with E-state index < -0.39 is 21.7 Å². The van der Waals surface area contributed by atoms with Gasteiger partial charge >= 0.3 is 0 Å². The fraction of sp³-hybridized carbons (Fsp3) is 0.308. The number of methoxy groups -OCH3 is 1. The first-order chi connectivity index (χ1) is 17.3. The van der Waals surface area contributed by atoms with Gasteiger partial charge in [-0.3, -0.25) is 0 Å². The van der Waals surface area contributed by atoms with Crippen molar-refractivity contribution in [2.45, 2.75) is 30.7 Å². The van der Waals surface area contributed by atoms with Crippen LogP contribution in [0, 0.1) is 12.7 Å². The lowest BCUT2D eigenvalue weighted by Gasteiger charge is -2.39. The summed E-state index contributed by atoms with van der Waals surface area (Å²) < 4.78 is 46.8. The Morgan fingerprint density at radius 1 is 1.22 bits per heavy atom. The van der Waals surface area contributed by atoms with E-state index in [-0.39, 0.29) is 17.3 Å². The van der Waals surface area contributed by atoms with Crippen molar-refractivity contribution in [3.05, 3.63) is 77.6 Å². The van der Waals surface area contributed by atoms with Crippen LogP contribution in [0.4, 0.5) is 4.39 Å². The van der Waals surface area contributed by atoms with E-state index in [9.17, 15) is 12.8 Å². The fourth-order valence-electron chi connectivity index (χ4n) is 4.60. The number of nitrogens with zero attached hydrogens (tertiary/aromatic N) is 4. The Balaban J connectivity index is 1.39. The van der Waals surface area contributed by atoms with Gasteiger partial charge in [0.25, 0.3) is 0 Å². The van der Waals surface area contributed by atoms with E-state index in [1.54, 1.807) is 13.4 Å². The molecule has 0 radical (unpaired) electrons. The smallest absolute Gasteiger partial charge is 0.180 e. The molecule has 10 heteroatoms. The van der Waals surface area contributed by atoms with Gasteiger partial charge in [0.15, 0.2) is 15.7 Å². The zero-order valence-corrected chi connectivity index (χ0v) is 20.9. The van der Waals surface area contributed by atoms with Crippen LogP contribution in [0.1, 0.15) is 24.1 Å². The summed E-state index contributed by atoms with van der Waals surface area (Å²) in [5.74, 6) is 0.747. The predicted molar refractivity (Wildman–Crippen MR) is 134 cm³/mol. The molecular weight excluding hydrogens is 483 g/mol. The monoisotopic (exact) mass is 510 g/mol. The average Bonchev–Trinajstić information content (AvgIpc) is 3.30. The maximum Gasteiger partial charge on any atom is 0.180 e. The Morgan fingerprint density at radius 3 is 2.75 bits per heavy atom. The van der Waals surface area contributed by atoms with E-state index in [1.807, 2.05) is 46.9 Å². The van der Waals surface area contributed by atoms with Gasteiger partial charge in [-0.15, -0.1) is 0 Å². The van der Waals surface area contributed by atoms with Gasteiger partial charge in [-0.1, -0.05) is 11.2 Å². The van der Waals surface area contributed by atoms with Crippen LogP contribution < -0.4 is 4.74 Å². The van der Waals surface area contributed by atoms with E-state index in [4.69, 9.17) is 9.57 Å². The van der Waals surface area contributed by atoms with Crippen molar-refractivity contribution in [1.29, 1.82) is 0 Å². The number of imidazole rings is 1. The maximum atomic E-state index is 13.3.